The van der Waals surface area contributed by atoms with Crippen LogP contribution in [0.4, 0.5) is 19.0 Å². The van der Waals surface area contributed by atoms with Crippen LogP contribution in [-0.2, 0) is 16.3 Å². The Morgan fingerprint density at radius 1 is 1.07 bits per heavy atom. The number of imidazole rings is 1. The van der Waals surface area contributed by atoms with Crippen LogP contribution in [0.25, 0.3) is 17.1 Å². The van der Waals surface area contributed by atoms with E-state index in [9.17, 15) is 30.9 Å². The largest absolute Gasteiger partial charge is 0.747 e. The number of pyridine rings is 1. The molecule has 2 heterocycles. The molecule has 8 nitrogen and oxygen atoms in total. The summed E-state index contributed by atoms with van der Waals surface area (Å²) in [7, 11) is -4.63. The number of carbonyl (C=O) groups is 1. The van der Waals surface area contributed by atoms with Crippen molar-refractivity contribution in [2.45, 2.75) is 38.6 Å². The first-order valence-corrected chi connectivity index (χ1v) is 14.7. The Balaban J connectivity index is 1.78. The van der Waals surface area contributed by atoms with Crippen molar-refractivity contribution < 1.29 is 30.9 Å². The molecule has 14 heteroatoms. The van der Waals surface area contributed by atoms with Crippen LogP contribution in [0.2, 0.25) is 10.0 Å². The Labute approximate surface area is 250 Å². The quantitative estimate of drug-likeness (QED) is 0.200. The Hall–Kier alpha value is -3.45. The van der Waals surface area contributed by atoms with E-state index in [1.165, 1.54) is 18.2 Å². The topological polar surface area (TPSA) is 117 Å². The smallest absolute Gasteiger partial charge is 0.417 e. The predicted molar refractivity (Wildman–Crippen MR) is 153 cm³/mol. The third-order valence-electron chi connectivity index (χ3n) is 6.38. The van der Waals surface area contributed by atoms with Crippen LogP contribution in [0.5, 0.6) is 0 Å². The fourth-order valence-corrected chi connectivity index (χ4v) is 5.99. The van der Waals surface area contributed by atoms with Crippen LogP contribution in [0.1, 0.15) is 52.8 Å². The zero-order valence-corrected chi connectivity index (χ0v) is 24.7. The van der Waals surface area contributed by atoms with E-state index >= 15 is 0 Å². The highest BCUT2D eigenvalue weighted by molar-refractivity contribution is 7.86. The van der Waals surface area contributed by atoms with Crippen molar-refractivity contribution in [3.63, 3.8) is 0 Å². The molecule has 0 bridgehead atoms. The molecule has 0 aliphatic carbocycles. The first-order valence-electron chi connectivity index (χ1n) is 12.5. The summed E-state index contributed by atoms with van der Waals surface area (Å²) in [5, 5.41) is 1.81. The lowest BCUT2D eigenvalue weighted by Crippen LogP contribution is -2.16. The van der Waals surface area contributed by atoms with E-state index in [4.69, 9.17) is 23.2 Å². The maximum Gasteiger partial charge on any atom is 0.417 e. The van der Waals surface area contributed by atoms with Crippen LogP contribution in [-0.4, -0.2) is 33.4 Å². The van der Waals surface area contributed by atoms with Gasteiger partial charge < -0.3 is 9.87 Å². The maximum absolute atomic E-state index is 13.2. The standard InChI is InChI=1S/C28H25Cl2F3N4O4S/c1-15(2)12-23(42(39,40)41)17-4-8-20(9-5-17)37-16(3)25(36-26(37)21-10-7-19(29)13-22(21)30)27(38)35-24-11-6-18(14-34-24)28(31,32)33/h4-11,13-15,23H,12H2,1-3H3,(H,34,35,38)(H,39,40,41)/p-1. The molecule has 222 valence electrons. The Kier molecular flexibility index (Phi) is 9.02. The zero-order valence-electron chi connectivity index (χ0n) is 22.4. The number of benzene rings is 2. The molecule has 0 saturated heterocycles. The number of amides is 1. The minimum Gasteiger partial charge on any atom is -0.747 e. The second kappa shape index (κ2) is 12.0. The molecule has 0 aliphatic rings. The number of anilines is 1. The van der Waals surface area contributed by atoms with Gasteiger partial charge in [-0.15, -0.1) is 0 Å². The second-order valence-electron chi connectivity index (χ2n) is 9.92. The van der Waals surface area contributed by atoms with E-state index < -0.39 is 33.0 Å². The summed E-state index contributed by atoms with van der Waals surface area (Å²) < 4.78 is 76.2. The van der Waals surface area contributed by atoms with Gasteiger partial charge in [0.15, 0.2) is 5.69 Å². The molecular formula is C28H24Cl2F3N4O4S-. The van der Waals surface area contributed by atoms with Gasteiger partial charge in [-0.25, -0.2) is 18.4 Å². The molecule has 2 aromatic carbocycles. The van der Waals surface area contributed by atoms with E-state index in [2.05, 4.69) is 15.3 Å². The molecule has 2 aromatic heterocycles. The van der Waals surface area contributed by atoms with E-state index in [0.717, 1.165) is 12.1 Å². The zero-order chi connectivity index (χ0) is 31.0. The summed E-state index contributed by atoms with van der Waals surface area (Å²) in [6, 6.07) is 12.7. The molecule has 0 aliphatic heterocycles. The van der Waals surface area contributed by atoms with Gasteiger partial charge in [-0.2, -0.15) is 13.2 Å². The highest BCUT2D eigenvalue weighted by atomic mass is 35.5. The van der Waals surface area contributed by atoms with Crippen molar-refractivity contribution in [2.75, 3.05) is 5.32 Å². The fourth-order valence-electron chi connectivity index (χ4n) is 4.38. The minimum atomic E-state index is -4.63. The van der Waals surface area contributed by atoms with Crippen molar-refractivity contribution in [3.05, 3.63) is 93.4 Å². The van der Waals surface area contributed by atoms with Gasteiger partial charge in [0.2, 0.25) is 0 Å². The number of hydrogen-bond donors (Lipinski definition) is 1. The van der Waals surface area contributed by atoms with Crippen LogP contribution < -0.4 is 5.32 Å². The van der Waals surface area contributed by atoms with E-state index in [-0.39, 0.29) is 34.7 Å². The van der Waals surface area contributed by atoms with Crippen molar-refractivity contribution >= 4 is 45.0 Å². The number of carbonyl (C=O) groups excluding carboxylic acids is 1. The van der Waals surface area contributed by atoms with Crippen molar-refractivity contribution in [3.8, 4) is 17.1 Å². The average Bonchev–Trinajstić information content (AvgIpc) is 3.23. The Bertz CT molecular complexity index is 1720. The van der Waals surface area contributed by atoms with Gasteiger partial charge in [-0.3, -0.25) is 9.36 Å². The molecule has 1 atom stereocenters. The van der Waals surface area contributed by atoms with Crippen molar-refractivity contribution in [1.82, 2.24) is 14.5 Å². The molecule has 1 unspecified atom stereocenters. The summed E-state index contributed by atoms with van der Waals surface area (Å²) >= 11 is 12.5. The van der Waals surface area contributed by atoms with Crippen LogP contribution in [0.3, 0.4) is 0 Å². The maximum atomic E-state index is 13.2. The lowest BCUT2D eigenvalue weighted by Gasteiger charge is -2.23. The second-order valence-corrected chi connectivity index (χ2v) is 12.3. The van der Waals surface area contributed by atoms with E-state index in [1.807, 2.05) is 13.8 Å². The normalized spacial score (nSPS) is 12.9. The van der Waals surface area contributed by atoms with Crippen molar-refractivity contribution in [1.29, 1.82) is 0 Å². The van der Waals surface area contributed by atoms with E-state index in [0.29, 0.717) is 33.7 Å². The van der Waals surface area contributed by atoms with Crippen LogP contribution in [0.15, 0.2) is 60.8 Å². The van der Waals surface area contributed by atoms with Gasteiger partial charge >= 0.3 is 6.18 Å². The predicted octanol–water partition coefficient (Wildman–Crippen LogP) is 7.45. The number of alkyl halides is 3. The molecule has 42 heavy (non-hydrogen) atoms. The molecule has 0 fully saturated rings. The molecule has 4 rings (SSSR count). The molecule has 1 N–H and O–H groups in total. The number of hydrogen-bond acceptors (Lipinski definition) is 6. The summed E-state index contributed by atoms with van der Waals surface area (Å²) in [6.45, 7) is 5.24. The van der Waals surface area contributed by atoms with Gasteiger partial charge in [-0.05, 0) is 67.3 Å². The summed E-state index contributed by atoms with van der Waals surface area (Å²) in [5.41, 5.74) is 0.509. The summed E-state index contributed by atoms with van der Waals surface area (Å²) in [6.07, 6.45) is -3.83. The molecule has 0 saturated carbocycles. The highest BCUT2D eigenvalue weighted by Crippen LogP contribution is 2.35. The van der Waals surface area contributed by atoms with Gasteiger partial charge in [0.25, 0.3) is 5.91 Å². The average molecular weight is 640 g/mol. The highest BCUT2D eigenvalue weighted by Gasteiger charge is 2.31. The van der Waals surface area contributed by atoms with Gasteiger partial charge in [0.05, 0.1) is 21.5 Å². The molecule has 0 radical (unpaired) electrons. The summed E-state index contributed by atoms with van der Waals surface area (Å²) in [4.78, 5) is 21.4. The Morgan fingerprint density at radius 3 is 2.26 bits per heavy atom. The SMILES string of the molecule is Cc1c(C(=O)Nc2ccc(C(F)(F)F)cn2)nc(-c2ccc(Cl)cc2Cl)n1-c1ccc(C(CC(C)C)S(=O)(=O)[O-])cc1. The number of nitrogens with zero attached hydrogens (tertiary/aromatic N) is 3. The monoisotopic (exact) mass is 639 g/mol. The summed E-state index contributed by atoms with van der Waals surface area (Å²) in [5.74, 6) is -0.668. The van der Waals surface area contributed by atoms with Gasteiger partial charge in [-0.1, -0.05) is 49.2 Å². The van der Waals surface area contributed by atoms with Crippen LogP contribution in [0, 0.1) is 12.8 Å². The fraction of sp³-hybridized carbons (Fsp3) is 0.250. The lowest BCUT2D eigenvalue weighted by molar-refractivity contribution is -0.137. The third kappa shape index (κ3) is 6.95. The van der Waals surface area contributed by atoms with Gasteiger partial charge in [0, 0.05) is 22.5 Å². The number of rotatable bonds is 8. The van der Waals surface area contributed by atoms with E-state index in [1.54, 1.807) is 35.8 Å². The minimum absolute atomic E-state index is 0.0480. The molecule has 1 amide bonds. The van der Waals surface area contributed by atoms with Crippen LogP contribution >= 0.6 is 23.2 Å². The van der Waals surface area contributed by atoms with Crippen molar-refractivity contribution in [2.24, 2.45) is 5.92 Å². The first-order chi connectivity index (χ1) is 19.6. The molecule has 4 aromatic rings. The lowest BCUT2D eigenvalue weighted by atomic mass is 10.0. The van der Waals surface area contributed by atoms with Gasteiger partial charge in [0.1, 0.15) is 21.8 Å². The number of halogens is 5. The molecular weight excluding hydrogens is 616 g/mol. The number of aromatic nitrogens is 3. The molecule has 0 spiro atoms. The third-order valence-corrected chi connectivity index (χ3v) is 8.09. The number of nitrogens with one attached hydrogen (secondary N) is 1. The first kappa shape index (κ1) is 31.5. The Morgan fingerprint density at radius 2 is 1.74 bits per heavy atom.